The molecule has 0 amide bonds. The first-order valence-corrected chi connectivity index (χ1v) is 11.2. The Balaban J connectivity index is 1.33. The molecule has 7 nitrogen and oxygen atoms in total. The Labute approximate surface area is 181 Å². The zero-order valence-electron chi connectivity index (χ0n) is 18.7. The highest BCUT2D eigenvalue weighted by atomic mass is 16.5. The van der Waals surface area contributed by atoms with Crippen LogP contribution in [0.15, 0.2) is 29.3 Å². The first-order valence-electron chi connectivity index (χ1n) is 11.2. The monoisotopic (exact) mass is 418 g/mol. The second-order valence-corrected chi connectivity index (χ2v) is 8.33. The number of hydrogen-bond donors (Lipinski definition) is 2. The standard InChI is InChI=1S/C23H38N4O3/c1-18-14-27(15-19(2)30-18)16-21-7-5-20(6-8-21)13-26-23(24-3)25-10-4-11-29-22-9-12-28-17-22/h5-8,18-19,22H,4,9-17H2,1-3H3,(H2,24,25,26). The van der Waals surface area contributed by atoms with E-state index < -0.39 is 0 Å². The van der Waals surface area contributed by atoms with Crippen LogP contribution in [0.25, 0.3) is 0 Å². The lowest BCUT2D eigenvalue weighted by Gasteiger charge is -2.35. The summed E-state index contributed by atoms with van der Waals surface area (Å²) in [6, 6.07) is 8.84. The molecule has 7 heteroatoms. The molecule has 2 fully saturated rings. The van der Waals surface area contributed by atoms with E-state index in [9.17, 15) is 0 Å². The van der Waals surface area contributed by atoms with Crippen molar-refractivity contribution in [3.63, 3.8) is 0 Å². The molecule has 0 saturated carbocycles. The Kier molecular flexibility index (Phi) is 9.39. The van der Waals surface area contributed by atoms with E-state index in [1.165, 1.54) is 11.1 Å². The molecule has 0 aromatic heterocycles. The number of hydrogen-bond acceptors (Lipinski definition) is 5. The lowest BCUT2D eigenvalue weighted by molar-refractivity contribution is -0.0704. The largest absolute Gasteiger partial charge is 0.379 e. The van der Waals surface area contributed by atoms with Crippen LogP contribution in [0.4, 0.5) is 0 Å². The van der Waals surface area contributed by atoms with Crippen LogP contribution in [0.2, 0.25) is 0 Å². The molecule has 0 spiro atoms. The summed E-state index contributed by atoms with van der Waals surface area (Å²) in [4.78, 5) is 6.78. The average molecular weight is 419 g/mol. The maximum absolute atomic E-state index is 5.82. The lowest BCUT2D eigenvalue weighted by Crippen LogP contribution is -2.44. The molecule has 168 valence electrons. The van der Waals surface area contributed by atoms with E-state index in [2.05, 4.69) is 58.6 Å². The van der Waals surface area contributed by atoms with Crippen molar-refractivity contribution in [1.82, 2.24) is 15.5 Å². The van der Waals surface area contributed by atoms with E-state index in [4.69, 9.17) is 14.2 Å². The second-order valence-electron chi connectivity index (χ2n) is 8.33. The van der Waals surface area contributed by atoms with Crippen LogP contribution in [-0.4, -0.2) is 75.7 Å². The molecule has 3 unspecified atom stereocenters. The number of guanidine groups is 1. The minimum Gasteiger partial charge on any atom is -0.379 e. The maximum atomic E-state index is 5.82. The minimum absolute atomic E-state index is 0.278. The predicted molar refractivity (Wildman–Crippen MR) is 120 cm³/mol. The van der Waals surface area contributed by atoms with Crippen LogP contribution in [0.1, 0.15) is 37.8 Å². The van der Waals surface area contributed by atoms with Crippen molar-refractivity contribution in [2.45, 2.75) is 58.1 Å². The quantitative estimate of drug-likeness (QED) is 0.364. The molecule has 0 aliphatic carbocycles. The molecule has 2 heterocycles. The van der Waals surface area contributed by atoms with Gasteiger partial charge in [-0.05, 0) is 37.8 Å². The van der Waals surface area contributed by atoms with Gasteiger partial charge in [0.1, 0.15) is 0 Å². The number of rotatable bonds is 9. The van der Waals surface area contributed by atoms with E-state index in [-0.39, 0.29) is 6.10 Å². The second kappa shape index (κ2) is 12.2. The van der Waals surface area contributed by atoms with Gasteiger partial charge in [0.15, 0.2) is 5.96 Å². The molecule has 1 aromatic rings. The number of aliphatic imine (C=N–C) groups is 1. The van der Waals surface area contributed by atoms with Crippen LogP contribution in [0.3, 0.4) is 0 Å². The van der Waals surface area contributed by atoms with Crippen LogP contribution in [-0.2, 0) is 27.3 Å². The fourth-order valence-electron chi connectivity index (χ4n) is 4.01. The molecular weight excluding hydrogens is 380 g/mol. The van der Waals surface area contributed by atoms with Crippen LogP contribution >= 0.6 is 0 Å². The van der Waals surface area contributed by atoms with Gasteiger partial charge in [0.05, 0.1) is 24.9 Å². The first-order chi connectivity index (χ1) is 14.6. The summed E-state index contributed by atoms with van der Waals surface area (Å²) in [6.45, 7) is 11.2. The van der Waals surface area contributed by atoms with Gasteiger partial charge in [-0.15, -0.1) is 0 Å². The minimum atomic E-state index is 0.278. The summed E-state index contributed by atoms with van der Waals surface area (Å²) < 4.78 is 16.9. The summed E-state index contributed by atoms with van der Waals surface area (Å²) in [5.41, 5.74) is 2.59. The summed E-state index contributed by atoms with van der Waals surface area (Å²) in [7, 11) is 1.80. The number of morpholine rings is 1. The SMILES string of the molecule is CN=C(NCCCOC1CCOC1)NCc1ccc(CN2CC(C)OC(C)C2)cc1. The molecule has 2 saturated heterocycles. The third kappa shape index (κ3) is 7.87. The summed E-state index contributed by atoms with van der Waals surface area (Å²) in [6.07, 6.45) is 2.85. The van der Waals surface area contributed by atoms with Crippen LogP contribution in [0, 0.1) is 0 Å². The molecule has 2 aliphatic rings. The molecule has 2 aliphatic heterocycles. The van der Waals surface area contributed by atoms with Gasteiger partial charge in [0, 0.05) is 53.0 Å². The third-order valence-corrected chi connectivity index (χ3v) is 5.46. The lowest BCUT2D eigenvalue weighted by atomic mass is 10.1. The van der Waals surface area contributed by atoms with Gasteiger partial charge in [-0.3, -0.25) is 9.89 Å². The van der Waals surface area contributed by atoms with Crippen molar-refractivity contribution < 1.29 is 14.2 Å². The molecule has 2 N–H and O–H groups in total. The molecule has 1 aromatic carbocycles. The maximum Gasteiger partial charge on any atom is 0.191 e. The highest BCUT2D eigenvalue weighted by molar-refractivity contribution is 5.79. The van der Waals surface area contributed by atoms with Gasteiger partial charge in [0.2, 0.25) is 0 Å². The fraction of sp³-hybridized carbons (Fsp3) is 0.696. The zero-order valence-corrected chi connectivity index (χ0v) is 18.7. The van der Waals surface area contributed by atoms with Gasteiger partial charge < -0.3 is 24.8 Å². The van der Waals surface area contributed by atoms with E-state index in [0.29, 0.717) is 12.2 Å². The van der Waals surface area contributed by atoms with Crippen molar-refractivity contribution >= 4 is 5.96 Å². The normalized spacial score (nSPS) is 25.4. The zero-order chi connectivity index (χ0) is 21.2. The molecule has 3 rings (SSSR count). The Bertz CT molecular complexity index is 636. The number of ether oxygens (including phenoxy) is 3. The summed E-state index contributed by atoms with van der Waals surface area (Å²) in [5, 5.41) is 6.73. The van der Waals surface area contributed by atoms with Crippen LogP contribution < -0.4 is 10.6 Å². The number of benzene rings is 1. The van der Waals surface area contributed by atoms with E-state index >= 15 is 0 Å². The third-order valence-electron chi connectivity index (χ3n) is 5.46. The van der Waals surface area contributed by atoms with Gasteiger partial charge in [-0.25, -0.2) is 0 Å². The van der Waals surface area contributed by atoms with Crippen molar-refractivity contribution in [2.24, 2.45) is 4.99 Å². The van der Waals surface area contributed by atoms with Gasteiger partial charge in [-0.2, -0.15) is 0 Å². The summed E-state index contributed by atoms with van der Waals surface area (Å²) >= 11 is 0. The Morgan fingerprint density at radius 3 is 2.53 bits per heavy atom. The average Bonchev–Trinajstić information content (AvgIpc) is 3.24. The van der Waals surface area contributed by atoms with Gasteiger partial charge >= 0.3 is 0 Å². The molecule has 0 bridgehead atoms. The topological polar surface area (TPSA) is 67.4 Å². The number of nitrogens with one attached hydrogen (secondary N) is 2. The predicted octanol–water partition coefficient (Wildman–Crippen LogP) is 2.16. The molecular formula is C23H38N4O3. The highest BCUT2D eigenvalue weighted by Crippen LogP contribution is 2.15. The highest BCUT2D eigenvalue weighted by Gasteiger charge is 2.22. The summed E-state index contributed by atoms with van der Waals surface area (Å²) in [5.74, 6) is 0.819. The van der Waals surface area contributed by atoms with Crippen molar-refractivity contribution in [3.8, 4) is 0 Å². The Hall–Kier alpha value is -1.67. The van der Waals surface area contributed by atoms with E-state index in [0.717, 1.165) is 71.3 Å². The Morgan fingerprint density at radius 1 is 1.13 bits per heavy atom. The van der Waals surface area contributed by atoms with Crippen molar-refractivity contribution in [3.05, 3.63) is 35.4 Å². The first kappa shape index (κ1) is 23.0. The van der Waals surface area contributed by atoms with Crippen molar-refractivity contribution in [1.29, 1.82) is 0 Å². The fourth-order valence-corrected chi connectivity index (χ4v) is 4.01. The van der Waals surface area contributed by atoms with Crippen molar-refractivity contribution in [2.75, 3.05) is 46.5 Å². The van der Waals surface area contributed by atoms with Crippen LogP contribution in [0.5, 0.6) is 0 Å². The van der Waals surface area contributed by atoms with Gasteiger partial charge in [0.25, 0.3) is 0 Å². The smallest absolute Gasteiger partial charge is 0.191 e. The van der Waals surface area contributed by atoms with Gasteiger partial charge in [-0.1, -0.05) is 24.3 Å². The molecule has 3 atom stereocenters. The molecule has 30 heavy (non-hydrogen) atoms. The van der Waals surface area contributed by atoms with E-state index in [1.807, 2.05) is 0 Å². The Morgan fingerprint density at radius 2 is 1.87 bits per heavy atom. The van der Waals surface area contributed by atoms with E-state index in [1.54, 1.807) is 7.05 Å². The number of nitrogens with zero attached hydrogens (tertiary/aromatic N) is 2. The molecule has 0 radical (unpaired) electrons.